The fourth-order valence-corrected chi connectivity index (χ4v) is 2.63. The number of nitrogens with zero attached hydrogens (tertiary/aromatic N) is 1. The van der Waals surface area contributed by atoms with Crippen molar-refractivity contribution < 1.29 is 19.2 Å². The van der Waals surface area contributed by atoms with Gasteiger partial charge < -0.3 is 4.74 Å². The highest BCUT2D eigenvalue weighted by atomic mass is 32.2. The fourth-order valence-electron chi connectivity index (χ4n) is 1.86. The highest BCUT2D eigenvalue weighted by Gasteiger charge is 2.10. The summed E-state index contributed by atoms with van der Waals surface area (Å²) in [6, 6.07) is 14.2. The standard InChI is InChI=1S/C17H15NO5S/c19-16(23-15-10-8-14(9-11-15)18(21)22)7-4-12-24-17(20)13-5-2-1-3-6-13/h1-3,5-6,8-11H,4,7,12H2. The minimum Gasteiger partial charge on any atom is -0.427 e. The largest absolute Gasteiger partial charge is 0.427 e. The van der Waals surface area contributed by atoms with Gasteiger partial charge in [0.15, 0.2) is 0 Å². The third-order valence-corrected chi connectivity index (χ3v) is 4.04. The van der Waals surface area contributed by atoms with Crippen LogP contribution in [0, 0.1) is 10.1 Å². The first-order valence-electron chi connectivity index (χ1n) is 7.23. The van der Waals surface area contributed by atoms with Crippen LogP contribution in [0.5, 0.6) is 5.75 Å². The number of hydrogen-bond donors (Lipinski definition) is 0. The number of carbonyl (C=O) groups is 2. The van der Waals surface area contributed by atoms with Crippen molar-refractivity contribution >= 4 is 28.5 Å². The summed E-state index contributed by atoms with van der Waals surface area (Å²) in [5, 5.41) is 10.5. The van der Waals surface area contributed by atoms with Crippen molar-refractivity contribution in [3.05, 3.63) is 70.3 Å². The maximum Gasteiger partial charge on any atom is 0.311 e. The van der Waals surface area contributed by atoms with Gasteiger partial charge in [0.25, 0.3) is 5.69 Å². The minimum absolute atomic E-state index is 0.0284. The first kappa shape index (κ1) is 17.7. The number of nitro groups is 1. The number of ether oxygens (including phenoxy) is 1. The Kier molecular flexibility index (Phi) is 6.51. The van der Waals surface area contributed by atoms with Gasteiger partial charge in [-0.2, -0.15) is 0 Å². The zero-order chi connectivity index (χ0) is 17.4. The maximum atomic E-state index is 11.9. The number of benzene rings is 2. The molecule has 7 heteroatoms. The maximum absolute atomic E-state index is 11.9. The van der Waals surface area contributed by atoms with Gasteiger partial charge in [-0.15, -0.1) is 0 Å². The molecule has 0 unspecified atom stereocenters. The van der Waals surface area contributed by atoms with Crippen LogP contribution >= 0.6 is 11.8 Å². The summed E-state index contributed by atoms with van der Waals surface area (Å²) in [5.74, 6) is 0.346. The Labute approximate surface area is 143 Å². The van der Waals surface area contributed by atoms with E-state index in [4.69, 9.17) is 4.74 Å². The monoisotopic (exact) mass is 345 g/mol. The van der Waals surface area contributed by atoms with Crippen LogP contribution in [0.15, 0.2) is 54.6 Å². The Morgan fingerprint density at radius 3 is 2.33 bits per heavy atom. The number of rotatable bonds is 7. The second-order valence-corrected chi connectivity index (χ2v) is 5.90. The zero-order valence-corrected chi connectivity index (χ0v) is 13.5. The van der Waals surface area contributed by atoms with Gasteiger partial charge in [-0.25, -0.2) is 0 Å². The van der Waals surface area contributed by atoms with Crippen LogP contribution < -0.4 is 4.74 Å². The molecule has 6 nitrogen and oxygen atoms in total. The lowest BCUT2D eigenvalue weighted by Gasteiger charge is -2.04. The lowest BCUT2D eigenvalue weighted by atomic mass is 10.2. The van der Waals surface area contributed by atoms with E-state index < -0.39 is 10.9 Å². The fraction of sp³-hybridized carbons (Fsp3) is 0.176. The molecule has 0 fully saturated rings. The molecule has 0 spiro atoms. The van der Waals surface area contributed by atoms with E-state index in [2.05, 4.69) is 0 Å². The molecule has 0 radical (unpaired) electrons. The normalized spacial score (nSPS) is 10.2. The molecule has 0 amide bonds. The highest BCUT2D eigenvalue weighted by molar-refractivity contribution is 8.14. The predicted octanol–water partition coefficient (Wildman–Crippen LogP) is 3.85. The Balaban J connectivity index is 1.70. The summed E-state index contributed by atoms with van der Waals surface area (Å²) >= 11 is 1.16. The summed E-state index contributed by atoms with van der Waals surface area (Å²) in [5.41, 5.74) is 0.571. The van der Waals surface area contributed by atoms with Crippen LogP contribution in [0.1, 0.15) is 23.2 Å². The van der Waals surface area contributed by atoms with Gasteiger partial charge >= 0.3 is 5.97 Å². The first-order valence-corrected chi connectivity index (χ1v) is 8.22. The van der Waals surface area contributed by atoms with E-state index in [0.29, 0.717) is 17.7 Å². The molecule has 0 heterocycles. The molecular weight excluding hydrogens is 330 g/mol. The molecule has 0 saturated heterocycles. The van der Waals surface area contributed by atoms with Gasteiger partial charge in [0, 0.05) is 29.9 Å². The van der Waals surface area contributed by atoms with Crippen molar-refractivity contribution in [3.63, 3.8) is 0 Å². The van der Waals surface area contributed by atoms with Crippen molar-refractivity contribution in [3.8, 4) is 5.75 Å². The average Bonchev–Trinajstić information content (AvgIpc) is 2.59. The second-order valence-electron chi connectivity index (χ2n) is 4.83. The number of hydrogen-bond acceptors (Lipinski definition) is 6. The molecule has 0 aliphatic carbocycles. The third-order valence-electron chi connectivity index (χ3n) is 3.05. The van der Waals surface area contributed by atoms with E-state index in [1.807, 2.05) is 6.07 Å². The van der Waals surface area contributed by atoms with Crippen molar-refractivity contribution in [2.75, 3.05) is 5.75 Å². The van der Waals surface area contributed by atoms with E-state index in [1.165, 1.54) is 24.3 Å². The van der Waals surface area contributed by atoms with Crippen molar-refractivity contribution in [2.45, 2.75) is 12.8 Å². The van der Waals surface area contributed by atoms with Gasteiger partial charge in [0.1, 0.15) is 5.75 Å². The molecule has 0 bridgehead atoms. The van der Waals surface area contributed by atoms with Crippen LogP contribution in [0.4, 0.5) is 5.69 Å². The molecule has 2 aromatic carbocycles. The zero-order valence-electron chi connectivity index (χ0n) is 12.7. The number of nitro benzene ring substituents is 1. The van der Waals surface area contributed by atoms with Crippen LogP contribution in [0.3, 0.4) is 0 Å². The summed E-state index contributed by atoms with van der Waals surface area (Å²) < 4.78 is 5.09. The summed E-state index contributed by atoms with van der Waals surface area (Å²) in [6.45, 7) is 0. The van der Waals surface area contributed by atoms with Crippen LogP contribution in [-0.2, 0) is 4.79 Å². The van der Waals surface area contributed by atoms with Crippen LogP contribution in [-0.4, -0.2) is 21.8 Å². The van der Waals surface area contributed by atoms with E-state index in [9.17, 15) is 19.7 Å². The molecule has 0 aliphatic rings. The Morgan fingerprint density at radius 2 is 1.71 bits per heavy atom. The molecule has 124 valence electrons. The Bertz CT molecular complexity index is 716. The molecule has 0 saturated carbocycles. The quantitative estimate of drug-likeness (QED) is 0.249. The molecule has 0 atom stereocenters. The van der Waals surface area contributed by atoms with Gasteiger partial charge in [-0.3, -0.25) is 19.7 Å². The molecule has 0 aliphatic heterocycles. The molecule has 24 heavy (non-hydrogen) atoms. The molecular formula is C17H15NO5S. The Morgan fingerprint density at radius 1 is 1.04 bits per heavy atom. The van der Waals surface area contributed by atoms with E-state index in [1.54, 1.807) is 24.3 Å². The number of non-ortho nitro benzene ring substituents is 1. The van der Waals surface area contributed by atoms with E-state index in [0.717, 1.165) is 11.8 Å². The lowest BCUT2D eigenvalue weighted by molar-refractivity contribution is -0.384. The van der Waals surface area contributed by atoms with Gasteiger partial charge in [0.05, 0.1) is 4.92 Å². The number of carbonyl (C=O) groups excluding carboxylic acids is 2. The number of thioether (sulfide) groups is 1. The van der Waals surface area contributed by atoms with E-state index >= 15 is 0 Å². The highest BCUT2D eigenvalue weighted by Crippen LogP contribution is 2.18. The second kappa shape index (κ2) is 8.83. The molecule has 0 N–H and O–H groups in total. The SMILES string of the molecule is O=C(CCCSC(=O)c1ccccc1)Oc1ccc([N+](=O)[O-])cc1. The van der Waals surface area contributed by atoms with Crippen LogP contribution in [0.25, 0.3) is 0 Å². The summed E-state index contributed by atoms with van der Waals surface area (Å²) in [7, 11) is 0. The van der Waals surface area contributed by atoms with Crippen LogP contribution in [0.2, 0.25) is 0 Å². The molecule has 2 aromatic rings. The summed E-state index contributed by atoms with van der Waals surface area (Å²) in [6.07, 6.45) is 0.682. The topological polar surface area (TPSA) is 86.5 Å². The van der Waals surface area contributed by atoms with Gasteiger partial charge in [0.2, 0.25) is 5.12 Å². The van der Waals surface area contributed by atoms with Crippen molar-refractivity contribution in [2.24, 2.45) is 0 Å². The van der Waals surface area contributed by atoms with Gasteiger partial charge in [-0.05, 0) is 18.6 Å². The minimum atomic E-state index is -0.521. The average molecular weight is 345 g/mol. The lowest BCUT2D eigenvalue weighted by Crippen LogP contribution is -2.08. The smallest absolute Gasteiger partial charge is 0.311 e. The Hall–Kier alpha value is -2.67. The number of esters is 1. The molecule has 0 aromatic heterocycles. The van der Waals surface area contributed by atoms with Crippen molar-refractivity contribution in [1.29, 1.82) is 0 Å². The van der Waals surface area contributed by atoms with Crippen molar-refractivity contribution in [1.82, 2.24) is 0 Å². The molecule has 2 rings (SSSR count). The predicted molar refractivity (Wildman–Crippen MR) is 91.2 cm³/mol. The van der Waals surface area contributed by atoms with E-state index in [-0.39, 0.29) is 23.0 Å². The third kappa shape index (κ3) is 5.51. The van der Waals surface area contributed by atoms with Gasteiger partial charge in [-0.1, -0.05) is 42.1 Å². The first-order chi connectivity index (χ1) is 11.6. The summed E-state index contributed by atoms with van der Waals surface area (Å²) in [4.78, 5) is 33.6.